The fraction of sp³-hybridized carbons (Fsp3) is 0. The fourth-order valence-corrected chi connectivity index (χ4v) is 2.34. The van der Waals surface area contributed by atoms with Crippen LogP contribution in [0.2, 0.25) is 0 Å². The predicted molar refractivity (Wildman–Crippen MR) is 75.7 cm³/mol. The first-order valence-electron chi connectivity index (χ1n) is 5.48. The minimum atomic E-state index is 0.331. The second-order valence-corrected chi connectivity index (χ2v) is 4.86. The second kappa shape index (κ2) is 4.37. The molecule has 0 fully saturated rings. The maximum atomic E-state index is 9.22. The molecule has 0 aliphatic carbocycles. The van der Waals surface area contributed by atoms with Gasteiger partial charge >= 0.3 is 0 Å². The van der Waals surface area contributed by atoms with E-state index in [1.54, 1.807) is 23.0 Å². The normalized spacial score (nSPS) is 10.5. The van der Waals surface area contributed by atoms with Crippen molar-refractivity contribution in [3.05, 3.63) is 46.7 Å². The summed E-state index contributed by atoms with van der Waals surface area (Å²) in [6.07, 6.45) is 3.32. The summed E-state index contributed by atoms with van der Waals surface area (Å²) in [6, 6.07) is 9.39. The predicted octanol–water partition coefficient (Wildman–Crippen LogP) is 2.64. The zero-order chi connectivity index (χ0) is 13.4. The van der Waals surface area contributed by atoms with Gasteiger partial charge in [-0.3, -0.25) is 9.55 Å². The number of anilines is 1. The number of pyridine rings is 1. The van der Waals surface area contributed by atoms with Gasteiger partial charge in [-0.1, -0.05) is 15.9 Å². The van der Waals surface area contributed by atoms with E-state index in [0.717, 1.165) is 9.99 Å². The minimum absolute atomic E-state index is 0.331. The number of benzene rings is 1. The molecule has 0 saturated heterocycles. The molecule has 0 saturated carbocycles. The van der Waals surface area contributed by atoms with Crippen LogP contribution >= 0.6 is 15.9 Å². The first-order chi connectivity index (χ1) is 9.20. The number of hydrogen-bond donors (Lipinski definition) is 1. The van der Waals surface area contributed by atoms with E-state index in [-0.39, 0.29) is 0 Å². The van der Waals surface area contributed by atoms with Crippen molar-refractivity contribution >= 4 is 32.9 Å². The molecule has 0 aliphatic rings. The van der Waals surface area contributed by atoms with Crippen molar-refractivity contribution in [1.82, 2.24) is 14.5 Å². The Morgan fingerprint density at radius 3 is 2.95 bits per heavy atom. The number of nitrogens with two attached hydrogens (primary N) is 1. The monoisotopic (exact) mass is 313 g/mol. The van der Waals surface area contributed by atoms with Gasteiger partial charge in [0.1, 0.15) is 11.6 Å². The lowest BCUT2D eigenvalue weighted by molar-refractivity contribution is 1.10. The Labute approximate surface area is 117 Å². The molecule has 0 radical (unpaired) electrons. The van der Waals surface area contributed by atoms with Crippen LogP contribution in [-0.4, -0.2) is 14.5 Å². The van der Waals surface area contributed by atoms with Gasteiger partial charge in [-0.2, -0.15) is 5.26 Å². The van der Waals surface area contributed by atoms with Crippen molar-refractivity contribution in [2.75, 3.05) is 5.73 Å². The number of fused-ring (bicyclic) bond motifs is 1. The van der Waals surface area contributed by atoms with Gasteiger partial charge < -0.3 is 5.73 Å². The summed E-state index contributed by atoms with van der Waals surface area (Å²) in [5.74, 6) is 0.331. The van der Waals surface area contributed by atoms with E-state index >= 15 is 0 Å². The summed E-state index contributed by atoms with van der Waals surface area (Å²) < 4.78 is 2.62. The second-order valence-electron chi connectivity index (χ2n) is 3.94. The van der Waals surface area contributed by atoms with E-state index < -0.39 is 0 Å². The largest absolute Gasteiger partial charge is 0.369 e. The van der Waals surface area contributed by atoms with Gasteiger partial charge in [0, 0.05) is 10.7 Å². The van der Waals surface area contributed by atoms with E-state index in [0.29, 0.717) is 22.7 Å². The molecule has 0 aliphatic heterocycles. The molecule has 0 spiro atoms. The third-order valence-electron chi connectivity index (χ3n) is 2.80. The van der Waals surface area contributed by atoms with Crippen LogP contribution in [0.25, 0.3) is 16.7 Å². The molecular weight excluding hydrogens is 306 g/mol. The molecule has 3 rings (SSSR count). The highest BCUT2D eigenvalue weighted by Crippen LogP contribution is 2.26. The first-order valence-corrected chi connectivity index (χ1v) is 6.28. The van der Waals surface area contributed by atoms with Crippen molar-refractivity contribution in [1.29, 1.82) is 5.26 Å². The molecule has 6 heteroatoms. The van der Waals surface area contributed by atoms with Crippen LogP contribution in [0.1, 0.15) is 5.56 Å². The summed E-state index contributed by atoms with van der Waals surface area (Å²) in [5.41, 5.74) is 8.71. The van der Waals surface area contributed by atoms with Crippen molar-refractivity contribution in [3.8, 4) is 11.8 Å². The average molecular weight is 314 g/mol. The van der Waals surface area contributed by atoms with E-state index in [1.807, 2.05) is 18.2 Å². The number of nitriles is 1. The molecule has 0 unspecified atom stereocenters. The fourth-order valence-electron chi connectivity index (χ4n) is 1.99. The highest BCUT2D eigenvalue weighted by molar-refractivity contribution is 9.10. The smallest absolute Gasteiger partial charge is 0.206 e. The van der Waals surface area contributed by atoms with Crippen LogP contribution in [0, 0.1) is 11.3 Å². The van der Waals surface area contributed by atoms with Crippen LogP contribution in [0.4, 0.5) is 5.95 Å². The minimum Gasteiger partial charge on any atom is -0.369 e. The summed E-state index contributed by atoms with van der Waals surface area (Å²) in [6.45, 7) is 0. The Balaban J connectivity index is 2.40. The van der Waals surface area contributed by atoms with Crippen molar-refractivity contribution < 1.29 is 0 Å². The molecular formula is C13H8BrN5. The SMILES string of the molecule is N#Cc1ccc(Br)cc1-n1c(N)nc2cnccc21. The Hall–Kier alpha value is -2.39. The third-order valence-corrected chi connectivity index (χ3v) is 3.30. The number of aromatic nitrogens is 3. The Morgan fingerprint density at radius 1 is 1.32 bits per heavy atom. The number of nitrogen functional groups attached to an aromatic ring is 1. The van der Waals surface area contributed by atoms with E-state index in [4.69, 9.17) is 5.73 Å². The molecule has 0 atom stereocenters. The topological polar surface area (TPSA) is 80.5 Å². The van der Waals surface area contributed by atoms with Crippen molar-refractivity contribution in [2.45, 2.75) is 0 Å². The lowest BCUT2D eigenvalue weighted by Gasteiger charge is -2.08. The van der Waals surface area contributed by atoms with Crippen LogP contribution in [0.5, 0.6) is 0 Å². The summed E-state index contributed by atoms with van der Waals surface area (Å²) in [5, 5.41) is 9.22. The molecule has 1 aromatic carbocycles. The highest BCUT2D eigenvalue weighted by atomic mass is 79.9. The number of imidazole rings is 1. The van der Waals surface area contributed by atoms with Crippen molar-refractivity contribution in [2.24, 2.45) is 0 Å². The maximum Gasteiger partial charge on any atom is 0.206 e. The number of nitrogens with zero attached hydrogens (tertiary/aromatic N) is 4. The van der Waals surface area contributed by atoms with E-state index in [9.17, 15) is 5.26 Å². The molecule has 2 aromatic heterocycles. The lowest BCUT2D eigenvalue weighted by atomic mass is 10.2. The standard InChI is InChI=1S/C13H8BrN5/c14-9-2-1-8(6-15)12(5-9)19-11-3-4-17-7-10(11)18-13(19)16/h1-5,7H,(H2,16,18). The molecule has 2 heterocycles. The number of halogens is 1. The number of rotatable bonds is 1. The first kappa shape index (κ1) is 11.7. The summed E-state index contributed by atoms with van der Waals surface area (Å²) in [4.78, 5) is 8.26. The summed E-state index contributed by atoms with van der Waals surface area (Å²) >= 11 is 3.40. The molecule has 92 valence electrons. The zero-order valence-electron chi connectivity index (χ0n) is 9.71. The Morgan fingerprint density at radius 2 is 2.16 bits per heavy atom. The molecule has 2 N–H and O–H groups in total. The lowest BCUT2D eigenvalue weighted by Crippen LogP contribution is -2.02. The molecule has 3 aromatic rings. The Kier molecular flexibility index (Phi) is 2.69. The zero-order valence-corrected chi connectivity index (χ0v) is 11.3. The molecule has 5 nitrogen and oxygen atoms in total. The van der Waals surface area contributed by atoms with Crippen LogP contribution in [0.15, 0.2) is 41.1 Å². The Bertz CT molecular complexity index is 816. The van der Waals surface area contributed by atoms with Gasteiger partial charge in [0.05, 0.1) is 23.0 Å². The van der Waals surface area contributed by atoms with Gasteiger partial charge in [-0.25, -0.2) is 4.98 Å². The van der Waals surface area contributed by atoms with Gasteiger partial charge in [-0.05, 0) is 24.3 Å². The van der Waals surface area contributed by atoms with Crippen LogP contribution < -0.4 is 5.73 Å². The summed E-state index contributed by atoms with van der Waals surface area (Å²) in [7, 11) is 0. The van der Waals surface area contributed by atoms with E-state index in [1.165, 1.54) is 0 Å². The van der Waals surface area contributed by atoms with E-state index in [2.05, 4.69) is 32.0 Å². The quantitative estimate of drug-likeness (QED) is 0.749. The molecule has 0 amide bonds. The van der Waals surface area contributed by atoms with Gasteiger partial charge in [0.15, 0.2) is 0 Å². The van der Waals surface area contributed by atoms with Crippen LogP contribution in [0.3, 0.4) is 0 Å². The number of hydrogen-bond acceptors (Lipinski definition) is 4. The van der Waals surface area contributed by atoms with Gasteiger partial charge in [-0.15, -0.1) is 0 Å². The molecule has 19 heavy (non-hydrogen) atoms. The van der Waals surface area contributed by atoms with Gasteiger partial charge in [0.2, 0.25) is 5.95 Å². The molecule has 0 bridgehead atoms. The van der Waals surface area contributed by atoms with Crippen LogP contribution in [-0.2, 0) is 0 Å². The highest BCUT2D eigenvalue weighted by Gasteiger charge is 2.13. The average Bonchev–Trinajstić information content (AvgIpc) is 2.74. The van der Waals surface area contributed by atoms with Crippen molar-refractivity contribution in [3.63, 3.8) is 0 Å². The maximum absolute atomic E-state index is 9.22. The van der Waals surface area contributed by atoms with Gasteiger partial charge in [0.25, 0.3) is 0 Å². The third kappa shape index (κ3) is 1.84.